The maximum Gasteiger partial charge on any atom is -0.0352 e. The van der Waals surface area contributed by atoms with E-state index in [1.807, 2.05) is 0 Å². The highest BCUT2D eigenvalue weighted by atomic mass is 14.5. The summed E-state index contributed by atoms with van der Waals surface area (Å²) in [5.74, 6) is 7.11. The normalized spacial score (nSPS) is 60.0. The molecular formula is C14H22. The van der Waals surface area contributed by atoms with Crippen LogP contribution in [0.2, 0.25) is 0 Å². The van der Waals surface area contributed by atoms with Crippen molar-refractivity contribution in [1.29, 1.82) is 0 Å². The minimum Gasteiger partial charge on any atom is -0.0502 e. The second-order valence-electron chi connectivity index (χ2n) is 6.68. The average molecular weight is 190 g/mol. The lowest BCUT2D eigenvalue weighted by molar-refractivity contribution is 0.164. The van der Waals surface area contributed by atoms with Gasteiger partial charge < -0.3 is 0 Å². The summed E-state index contributed by atoms with van der Waals surface area (Å²) in [6.45, 7) is 0. The second-order valence-corrected chi connectivity index (χ2v) is 6.68. The Morgan fingerprint density at radius 3 is 1.29 bits per heavy atom. The third kappa shape index (κ3) is 1.01. The molecule has 0 spiro atoms. The Morgan fingerprint density at radius 2 is 1.00 bits per heavy atom. The van der Waals surface area contributed by atoms with E-state index in [9.17, 15) is 0 Å². The second kappa shape index (κ2) is 2.77. The molecule has 4 aliphatic carbocycles. The first-order valence-corrected chi connectivity index (χ1v) is 6.90. The molecular weight excluding hydrogens is 168 g/mol. The summed E-state index contributed by atoms with van der Waals surface area (Å²) in [4.78, 5) is 0. The molecule has 4 rings (SSSR count). The Hall–Kier alpha value is 0. The summed E-state index contributed by atoms with van der Waals surface area (Å²) in [5.41, 5.74) is 0. The molecule has 4 aliphatic rings. The fourth-order valence-electron chi connectivity index (χ4n) is 5.64. The first-order valence-electron chi connectivity index (χ1n) is 6.90. The first-order chi connectivity index (χ1) is 6.90. The highest BCUT2D eigenvalue weighted by Gasteiger charge is 2.49. The van der Waals surface area contributed by atoms with E-state index in [-0.39, 0.29) is 0 Å². The van der Waals surface area contributed by atoms with Crippen LogP contribution in [0.5, 0.6) is 0 Å². The zero-order chi connectivity index (χ0) is 9.12. The molecule has 0 radical (unpaired) electrons. The van der Waals surface area contributed by atoms with Crippen molar-refractivity contribution in [2.45, 2.75) is 51.4 Å². The van der Waals surface area contributed by atoms with Gasteiger partial charge in [0.2, 0.25) is 0 Å². The van der Waals surface area contributed by atoms with Gasteiger partial charge in [0.15, 0.2) is 0 Å². The Bertz CT molecular complexity index is 218. The topological polar surface area (TPSA) is 0 Å². The lowest BCUT2D eigenvalue weighted by Crippen LogP contribution is -2.25. The average Bonchev–Trinajstić information content (AvgIpc) is 2.96. The molecule has 0 unspecified atom stereocenters. The Kier molecular flexibility index (Phi) is 1.62. The lowest BCUT2D eigenvalue weighted by Gasteiger charge is -2.33. The smallest absolute Gasteiger partial charge is 0.0352 e. The standard InChI is InChI=1S/C14H22/c1-3-11-5-9(1)7-13(11)14-8-10-2-4-12(14)6-10/h9-14H,1-8H2/t9-,10+,11+,12-,13-,14-/m1/s1. The molecule has 0 saturated heterocycles. The predicted molar refractivity (Wildman–Crippen MR) is 57.9 cm³/mol. The van der Waals surface area contributed by atoms with E-state index in [0.717, 1.165) is 0 Å². The van der Waals surface area contributed by atoms with E-state index in [1.54, 1.807) is 51.4 Å². The summed E-state index contributed by atoms with van der Waals surface area (Å²) in [5, 5.41) is 0. The van der Waals surface area contributed by atoms with Crippen molar-refractivity contribution in [2.75, 3.05) is 0 Å². The van der Waals surface area contributed by atoms with Crippen molar-refractivity contribution in [3.8, 4) is 0 Å². The highest BCUT2D eigenvalue weighted by Crippen LogP contribution is 2.59. The Morgan fingerprint density at radius 1 is 0.500 bits per heavy atom. The van der Waals surface area contributed by atoms with Gasteiger partial charge in [-0.3, -0.25) is 0 Å². The molecule has 0 heteroatoms. The summed E-state index contributed by atoms with van der Waals surface area (Å²) in [6, 6.07) is 0. The van der Waals surface area contributed by atoms with E-state index < -0.39 is 0 Å². The van der Waals surface area contributed by atoms with E-state index in [2.05, 4.69) is 0 Å². The van der Waals surface area contributed by atoms with Crippen molar-refractivity contribution >= 4 is 0 Å². The van der Waals surface area contributed by atoms with Crippen LogP contribution in [0.3, 0.4) is 0 Å². The van der Waals surface area contributed by atoms with Crippen LogP contribution in [0.1, 0.15) is 51.4 Å². The van der Waals surface area contributed by atoms with Crippen LogP contribution in [-0.2, 0) is 0 Å². The van der Waals surface area contributed by atoms with Gasteiger partial charge >= 0.3 is 0 Å². The van der Waals surface area contributed by atoms with Gasteiger partial charge in [0.05, 0.1) is 0 Å². The van der Waals surface area contributed by atoms with Crippen LogP contribution in [0.25, 0.3) is 0 Å². The minimum absolute atomic E-state index is 1.17. The molecule has 0 aromatic carbocycles. The molecule has 0 heterocycles. The Balaban J connectivity index is 1.54. The van der Waals surface area contributed by atoms with Gasteiger partial charge in [-0.1, -0.05) is 12.8 Å². The fourth-order valence-corrected chi connectivity index (χ4v) is 5.64. The van der Waals surface area contributed by atoms with Crippen LogP contribution < -0.4 is 0 Å². The minimum atomic E-state index is 1.17. The molecule has 14 heavy (non-hydrogen) atoms. The third-order valence-corrected chi connectivity index (χ3v) is 6.14. The van der Waals surface area contributed by atoms with E-state index in [4.69, 9.17) is 0 Å². The third-order valence-electron chi connectivity index (χ3n) is 6.14. The number of rotatable bonds is 1. The first kappa shape index (κ1) is 8.19. The fraction of sp³-hybridized carbons (Fsp3) is 1.00. The van der Waals surface area contributed by atoms with Crippen molar-refractivity contribution in [3.63, 3.8) is 0 Å². The van der Waals surface area contributed by atoms with E-state index in [0.29, 0.717) is 0 Å². The van der Waals surface area contributed by atoms with Crippen LogP contribution in [0.15, 0.2) is 0 Å². The SMILES string of the molecule is C1C[C@H]2C[C@@H]1C[C@H]2[C@@H]1C[C@H]2CC[C@@H]1C2. The van der Waals surface area contributed by atoms with Gasteiger partial charge in [-0.25, -0.2) is 0 Å². The van der Waals surface area contributed by atoms with Gasteiger partial charge in [0, 0.05) is 0 Å². The van der Waals surface area contributed by atoms with Crippen LogP contribution in [0.4, 0.5) is 0 Å². The number of fused-ring (bicyclic) bond motifs is 4. The van der Waals surface area contributed by atoms with Crippen LogP contribution >= 0.6 is 0 Å². The zero-order valence-electron chi connectivity index (χ0n) is 9.12. The molecule has 0 nitrogen and oxygen atoms in total. The van der Waals surface area contributed by atoms with Gasteiger partial charge in [-0.05, 0) is 74.0 Å². The number of hydrogen-bond donors (Lipinski definition) is 0. The van der Waals surface area contributed by atoms with Gasteiger partial charge in [-0.2, -0.15) is 0 Å². The molecule has 4 saturated carbocycles. The van der Waals surface area contributed by atoms with Crippen molar-refractivity contribution in [1.82, 2.24) is 0 Å². The molecule has 0 amide bonds. The molecule has 0 N–H and O–H groups in total. The predicted octanol–water partition coefficient (Wildman–Crippen LogP) is 3.86. The number of hydrogen-bond acceptors (Lipinski definition) is 0. The van der Waals surface area contributed by atoms with Crippen molar-refractivity contribution in [3.05, 3.63) is 0 Å². The maximum atomic E-state index is 1.64. The summed E-state index contributed by atoms with van der Waals surface area (Å²) < 4.78 is 0. The van der Waals surface area contributed by atoms with Gasteiger partial charge in [0.25, 0.3) is 0 Å². The largest absolute Gasteiger partial charge is 0.0502 e. The molecule has 4 fully saturated rings. The molecule has 6 atom stereocenters. The Labute approximate surface area is 87.5 Å². The van der Waals surface area contributed by atoms with E-state index >= 15 is 0 Å². The molecule has 4 bridgehead atoms. The zero-order valence-corrected chi connectivity index (χ0v) is 9.12. The quantitative estimate of drug-likeness (QED) is 0.589. The highest BCUT2D eigenvalue weighted by molar-refractivity contribution is 4.99. The van der Waals surface area contributed by atoms with Gasteiger partial charge in [0.1, 0.15) is 0 Å². The van der Waals surface area contributed by atoms with Crippen LogP contribution in [0, 0.1) is 35.5 Å². The molecule has 0 aliphatic heterocycles. The summed E-state index contributed by atoms with van der Waals surface area (Å²) >= 11 is 0. The van der Waals surface area contributed by atoms with Crippen molar-refractivity contribution < 1.29 is 0 Å². The molecule has 0 aromatic heterocycles. The van der Waals surface area contributed by atoms with E-state index in [1.165, 1.54) is 35.5 Å². The van der Waals surface area contributed by atoms with Crippen LogP contribution in [-0.4, -0.2) is 0 Å². The van der Waals surface area contributed by atoms with Gasteiger partial charge in [-0.15, -0.1) is 0 Å². The van der Waals surface area contributed by atoms with Crippen molar-refractivity contribution in [2.24, 2.45) is 35.5 Å². The monoisotopic (exact) mass is 190 g/mol. The molecule has 78 valence electrons. The summed E-state index contributed by atoms with van der Waals surface area (Å²) in [7, 11) is 0. The molecule has 0 aromatic rings. The maximum absolute atomic E-state index is 1.64. The summed E-state index contributed by atoms with van der Waals surface area (Å²) in [6.07, 6.45) is 12.9. The lowest BCUT2D eigenvalue weighted by atomic mass is 9.72.